The third-order valence-corrected chi connectivity index (χ3v) is 4.72. The van der Waals surface area contributed by atoms with Crippen LogP contribution in [0.3, 0.4) is 0 Å². The summed E-state index contributed by atoms with van der Waals surface area (Å²) in [6.07, 6.45) is 5.33. The first-order valence-corrected chi connectivity index (χ1v) is 7.51. The second-order valence-corrected chi connectivity index (χ2v) is 6.45. The van der Waals surface area contributed by atoms with Crippen molar-refractivity contribution in [2.24, 2.45) is 5.92 Å². The SMILES string of the molecule is CC1CCC(O)(CNCCc2cccs2)CC1. The van der Waals surface area contributed by atoms with Gasteiger partial charge in [-0.2, -0.15) is 0 Å². The molecule has 0 saturated heterocycles. The third-order valence-electron chi connectivity index (χ3n) is 3.79. The van der Waals surface area contributed by atoms with E-state index in [1.807, 2.05) is 0 Å². The first-order chi connectivity index (χ1) is 8.18. The molecule has 0 radical (unpaired) electrons. The van der Waals surface area contributed by atoms with Gasteiger partial charge < -0.3 is 10.4 Å². The van der Waals surface area contributed by atoms with Gasteiger partial charge in [0.2, 0.25) is 0 Å². The second-order valence-electron chi connectivity index (χ2n) is 5.41. The number of aliphatic hydroxyl groups is 1. The summed E-state index contributed by atoms with van der Waals surface area (Å²) >= 11 is 1.81. The molecule has 0 aliphatic heterocycles. The molecule has 1 aliphatic rings. The first-order valence-electron chi connectivity index (χ1n) is 6.63. The summed E-state index contributed by atoms with van der Waals surface area (Å²) in [6.45, 7) is 4.01. The summed E-state index contributed by atoms with van der Waals surface area (Å²) in [5.41, 5.74) is -0.443. The van der Waals surface area contributed by atoms with Crippen LogP contribution in [0.15, 0.2) is 17.5 Å². The van der Waals surface area contributed by atoms with Crippen LogP contribution in [-0.4, -0.2) is 23.8 Å². The van der Waals surface area contributed by atoms with Crippen molar-refractivity contribution < 1.29 is 5.11 Å². The van der Waals surface area contributed by atoms with Crippen molar-refractivity contribution in [3.63, 3.8) is 0 Å². The Morgan fingerprint density at radius 2 is 2.24 bits per heavy atom. The van der Waals surface area contributed by atoms with Crippen molar-refractivity contribution in [2.75, 3.05) is 13.1 Å². The van der Waals surface area contributed by atoms with Gasteiger partial charge >= 0.3 is 0 Å². The highest BCUT2D eigenvalue weighted by Crippen LogP contribution is 2.31. The average molecular weight is 253 g/mol. The van der Waals surface area contributed by atoms with E-state index in [-0.39, 0.29) is 0 Å². The summed E-state index contributed by atoms with van der Waals surface area (Å²) in [5, 5.41) is 15.9. The number of nitrogens with one attached hydrogen (secondary N) is 1. The second kappa shape index (κ2) is 5.98. The first kappa shape index (κ1) is 13.1. The lowest BCUT2D eigenvalue weighted by molar-refractivity contribution is -0.00582. The Morgan fingerprint density at radius 3 is 2.88 bits per heavy atom. The van der Waals surface area contributed by atoms with Gasteiger partial charge in [-0.1, -0.05) is 13.0 Å². The molecule has 1 saturated carbocycles. The molecule has 0 spiro atoms. The van der Waals surface area contributed by atoms with Gasteiger partial charge in [0.1, 0.15) is 0 Å². The quantitative estimate of drug-likeness (QED) is 0.791. The number of rotatable bonds is 5. The smallest absolute Gasteiger partial charge is 0.0771 e. The lowest BCUT2D eigenvalue weighted by Gasteiger charge is -2.35. The Kier molecular flexibility index (Phi) is 4.60. The van der Waals surface area contributed by atoms with E-state index in [4.69, 9.17) is 0 Å². The summed E-state index contributed by atoms with van der Waals surface area (Å²) in [7, 11) is 0. The highest BCUT2D eigenvalue weighted by Gasteiger charge is 2.30. The molecule has 0 bridgehead atoms. The molecular formula is C14H23NOS. The van der Waals surface area contributed by atoms with Crippen molar-refractivity contribution in [1.29, 1.82) is 0 Å². The van der Waals surface area contributed by atoms with Crippen LogP contribution in [0.5, 0.6) is 0 Å². The number of hydrogen-bond donors (Lipinski definition) is 2. The van der Waals surface area contributed by atoms with E-state index in [0.717, 1.165) is 38.3 Å². The zero-order valence-corrected chi connectivity index (χ0v) is 11.4. The Bertz CT molecular complexity index is 315. The zero-order chi connectivity index (χ0) is 12.1. The van der Waals surface area contributed by atoms with E-state index in [9.17, 15) is 5.11 Å². The Hall–Kier alpha value is -0.380. The minimum absolute atomic E-state index is 0.443. The molecule has 1 fully saturated rings. The molecule has 2 rings (SSSR count). The monoisotopic (exact) mass is 253 g/mol. The van der Waals surface area contributed by atoms with Crippen LogP contribution in [0, 0.1) is 5.92 Å². The predicted molar refractivity (Wildman–Crippen MR) is 73.5 cm³/mol. The molecule has 17 heavy (non-hydrogen) atoms. The van der Waals surface area contributed by atoms with Crippen LogP contribution in [0.25, 0.3) is 0 Å². The molecule has 0 amide bonds. The molecule has 0 aromatic carbocycles. The molecule has 1 aliphatic carbocycles. The zero-order valence-electron chi connectivity index (χ0n) is 10.6. The number of hydrogen-bond acceptors (Lipinski definition) is 3. The lowest BCUT2D eigenvalue weighted by Crippen LogP contribution is -2.43. The summed E-state index contributed by atoms with van der Waals surface area (Å²) in [6, 6.07) is 4.26. The van der Waals surface area contributed by atoms with Gasteiger partial charge in [0, 0.05) is 18.0 Å². The molecule has 2 nitrogen and oxygen atoms in total. The van der Waals surface area contributed by atoms with Crippen molar-refractivity contribution in [1.82, 2.24) is 5.32 Å². The molecule has 1 aromatic heterocycles. The molecule has 96 valence electrons. The largest absolute Gasteiger partial charge is 0.389 e. The third kappa shape index (κ3) is 4.09. The van der Waals surface area contributed by atoms with Crippen LogP contribution in [0.1, 0.15) is 37.5 Å². The highest BCUT2D eigenvalue weighted by atomic mass is 32.1. The maximum absolute atomic E-state index is 10.4. The Balaban J connectivity index is 1.64. The average Bonchev–Trinajstić information content (AvgIpc) is 2.82. The molecule has 2 N–H and O–H groups in total. The Morgan fingerprint density at radius 1 is 1.47 bits per heavy atom. The van der Waals surface area contributed by atoms with E-state index in [1.54, 1.807) is 11.3 Å². The maximum atomic E-state index is 10.4. The maximum Gasteiger partial charge on any atom is 0.0771 e. The normalized spacial score (nSPS) is 29.4. The standard InChI is InChI=1S/C14H23NOS/c1-12-4-7-14(16,8-5-12)11-15-9-6-13-3-2-10-17-13/h2-3,10,12,15-16H,4-9,11H2,1H3. The minimum Gasteiger partial charge on any atom is -0.389 e. The van der Waals surface area contributed by atoms with Crippen molar-refractivity contribution >= 4 is 11.3 Å². The summed E-state index contributed by atoms with van der Waals surface area (Å²) in [5.74, 6) is 0.793. The van der Waals surface area contributed by atoms with Crippen LogP contribution in [-0.2, 0) is 6.42 Å². The minimum atomic E-state index is -0.443. The molecule has 1 heterocycles. The topological polar surface area (TPSA) is 32.3 Å². The predicted octanol–water partition coefficient (Wildman–Crippen LogP) is 2.82. The van der Waals surface area contributed by atoms with Gasteiger partial charge in [-0.05, 0) is 49.5 Å². The van der Waals surface area contributed by atoms with Gasteiger partial charge in [-0.15, -0.1) is 11.3 Å². The van der Waals surface area contributed by atoms with Gasteiger partial charge in [0.05, 0.1) is 5.60 Å². The van der Waals surface area contributed by atoms with Crippen molar-refractivity contribution in [3.8, 4) is 0 Å². The van der Waals surface area contributed by atoms with Gasteiger partial charge in [-0.25, -0.2) is 0 Å². The van der Waals surface area contributed by atoms with Crippen LogP contribution < -0.4 is 5.32 Å². The van der Waals surface area contributed by atoms with Crippen LogP contribution >= 0.6 is 11.3 Å². The van der Waals surface area contributed by atoms with E-state index in [2.05, 4.69) is 29.8 Å². The molecule has 1 aromatic rings. The van der Waals surface area contributed by atoms with Gasteiger partial charge in [-0.3, -0.25) is 0 Å². The van der Waals surface area contributed by atoms with Gasteiger partial charge in [0.25, 0.3) is 0 Å². The fourth-order valence-corrected chi connectivity index (χ4v) is 3.17. The van der Waals surface area contributed by atoms with E-state index in [1.165, 1.54) is 17.7 Å². The van der Waals surface area contributed by atoms with Crippen molar-refractivity contribution in [3.05, 3.63) is 22.4 Å². The van der Waals surface area contributed by atoms with E-state index < -0.39 is 5.60 Å². The molecule has 0 unspecified atom stereocenters. The van der Waals surface area contributed by atoms with Crippen LogP contribution in [0.4, 0.5) is 0 Å². The fraction of sp³-hybridized carbons (Fsp3) is 0.714. The lowest BCUT2D eigenvalue weighted by atomic mass is 9.79. The van der Waals surface area contributed by atoms with Gasteiger partial charge in [0.15, 0.2) is 0 Å². The van der Waals surface area contributed by atoms with E-state index in [0.29, 0.717) is 0 Å². The fourth-order valence-electron chi connectivity index (χ4n) is 2.46. The highest BCUT2D eigenvalue weighted by molar-refractivity contribution is 7.09. The Labute approximate surface area is 108 Å². The molecule has 0 atom stereocenters. The van der Waals surface area contributed by atoms with E-state index >= 15 is 0 Å². The summed E-state index contributed by atoms with van der Waals surface area (Å²) in [4.78, 5) is 1.42. The number of thiophene rings is 1. The van der Waals surface area contributed by atoms with Crippen LogP contribution in [0.2, 0.25) is 0 Å². The van der Waals surface area contributed by atoms with Crippen molar-refractivity contribution in [2.45, 2.75) is 44.6 Å². The summed E-state index contributed by atoms with van der Waals surface area (Å²) < 4.78 is 0. The molecular weight excluding hydrogens is 230 g/mol. The molecule has 3 heteroatoms.